The molecule has 3 saturated heterocycles. The van der Waals surface area contributed by atoms with Crippen molar-refractivity contribution in [3.63, 3.8) is 0 Å². The maximum Gasteiger partial charge on any atom is 0.326 e. The Kier molecular flexibility index (Phi) is 6.43. The number of hydrogen-bond donors (Lipinski definition) is 10. The Labute approximate surface area is 245 Å². The first-order valence-corrected chi connectivity index (χ1v) is 13.4. The summed E-state index contributed by atoms with van der Waals surface area (Å²) >= 11 is 0. The molecule has 0 aliphatic carbocycles. The van der Waals surface area contributed by atoms with Crippen molar-refractivity contribution in [2.24, 2.45) is 0 Å². The number of ether oxygens (including phenoxy) is 1. The van der Waals surface area contributed by atoms with Crippen molar-refractivity contribution in [3.05, 3.63) is 61.9 Å². The Hall–Kier alpha value is -5.04. The van der Waals surface area contributed by atoms with E-state index in [2.05, 4.69) is 26.3 Å². The Balaban J connectivity index is 1.29. The fourth-order valence-electron chi connectivity index (χ4n) is 6.49. The van der Waals surface area contributed by atoms with Crippen molar-refractivity contribution in [2.75, 3.05) is 19.7 Å². The normalized spacial score (nSPS) is 29.9. The number of nitrogens with zero attached hydrogens (tertiary/aromatic N) is 2. The summed E-state index contributed by atoms with van der Waals surface area (Å²) in [4.78, 5) is 54.7. The fourth-order valence-corrected chi connectivity index (χ4v) is 6.49. The standard InChI is InChI=1S/C25H28F2N10O7/c1-23(42)14(33-18(39)10-3-2-4-11-16(10)44-6-5-24(11,26)27)9-36-20(28)31-13(17-25(23,36)37(43)21(29)35-17)8-30-19(40)12-7-15(38)34-22(41)32-12/h2-4,7,13-14,17,42-43H,5-6,8-9H2,1H3,(H2,28,31)(H2,29,35)(H,30,40)(H,33,39)(H2,32,34,38,41)/t13?,14?,17?,23-,25?/m0/s1. The first-order valence-electron chi connectivity index (χ1n) is 13.4. The van der Waals surface area contributed by atoms with Gasteiger partial charge in [0.2, 0.25) is 5.96 Å². The van der Waals surface area contributed by atoms with Crippen LogP contribution in [-0.2, 0) is 5.92 Å². The molecule has 4 aliphatic rings. The number of amides is 2. The Morgan fingerprint density at radius 1 is 1.16 bits per heavy atom. The zero-order chi connectivity index (χ0) is 31.8. The van der Waals surface area contributed by atoms with Crippen molar-refractivity contribution in [1.82, 2.24) is 41.2 Å². The largest absolute Gasteiger partial charge is 0.492 e. The summed E-state index contributed by atoms with van der Waals surface area (Å²) in [5, 5.41) is 51.4. The van der Waals surface area contributed by atoms with Crippen molar-refractivity contribution < 1.29 is 33.4 Å². The molecule has 0 radical (unpaired) electrons. The minimum atomic E-state index is -3.21. The molecule has 19 heteroatoms. The van der Waals surface area contributed by atoms with E-state index in [1.165, 1.54) is 30.0 Å². The van der Waals surface area contributed by atoms with Crippen molar-refractivity contribution in [3.8, 4) is 5.75 Å². The van der Waals surface area contributed by atoms with Gasteiger partial charge in [0.05, 0.1) is 42.3 Å². The number of aromatic amines is 2. The molecule has 1 aromatic heterocycles. The third kappa shape index (κ3) is 4.10. The second-order valence-corrected chi connectivity index (χ2v) is 11.1. The van der Waals surface area contributed by atoms with E-state index in [-0.39, 0.29) is 42.7 Å². The molecule has 234 valence electrons. The van der Waals surface area contributed by atoms with Crippen LogP contribution in [0.4, 0.5) is 8.78 Å². The smallest absolute Gasteiger partial charge is 0.326 e. The van der Waals surface area contributed by atoms with Gasteiger partial charge in [-0.3, -0.25) is 35.4 Å². The monoisotopic (exact) mass is 618 g/mol. The molecule has 0 bridgehead atoms. The fraction of sp³-hybridized carbons (Fsp3) is 0.440. The van der Waals surface area contributed by atoms with Crippen LogP contribution >= 0.6 is 0 Å². The van der Waals surface area contributed by atoms with E-state index in [4.69, 9.17) is 15.6 Å². The number of H-pyrrole nitrogens is 2. The molecule has 3 fully saturated rings. The minimum Gasteiger partial charge on any atom is -0.492 e. The van der Waals surface area contributed by atoms with Gasteiger partial charge in [-0.25, -0.2) is 13.6 Å². The first-order chi connectivity index (χ1) is 20.7. The quantitative estimate of drug-likeness (QED) is 0.171. The average molecular weight is 619 g/mol. The molecule has 4 unspecified atom stereocenters. The zero-order valence-corrected chi connectivity index (χ0v) is 23.0. The highest BCUT2D eigenvalue weighted by Gasteiger charge is 2.75. The van der Waals surface area contributed by atoms with Gasteiger partial charge in [-0.15, -0.1) is 0 Å². The number of halogens is 2. The molecule has 44 heavy (non-hydrogen) atoms. The lowest BCUT2D eigenvalue weighted by Crippen LogP contribution is -2.81. The van der Waals surface area contributed by atoms with Gasteiger partial charge in [-0.1, -0.05) is 6.07 Å². The number of nitrogens with one attached hydrogen (secondary N) is 8. The molecule has 5 heterocycles. The van der Waals surface area contributed by atoms with Crippen LogP contribution in [0.1, 0.15) is 39.8 Å². The van der Waals surface area contributed by atoms with Crippen LogP contribution in [-0.4, -0.2) is 103 Å². The average Bonchev–Trinajstić information content (AvgIpc) is 3.36. The predicted octanol–water partition coefficient (Wildman–Crippen LogP) is -2.27. The number of hydrogen-bond acceptors (Lipinski definition) is 9. The summed E-state index contributed by atoms with van der Waals surface area (Å²) in [6.45, 7) is 0.440. The van der Waals surface area contributed by atoms with E-state index in [9.17, 15) is 38.3 Å². The Morgan fingerprint density at radius 3 is 2.64 bits per heavy atom. The number of fused-ring (bicyclic) bond motifs is 1. The number of hydroxylamine groups is 2. The van der Waals surface area contributed by atoms with Gasteiger partial charge < -0.3 is 41.0 Å². The number of para-hydroxylation sites is 1. The van der Waals surface area contributed by atoms with Crippen LogP contribution in [0.3, 0.4) is 0 Å². The molecule has 4 aliphatic heterocycles. The Bertz CT molecular complexity index is 1680. The van der Waals surface area contributed by atoms with Crippen molar-refractivity contribution >= 4 is 23.7 Å². The Morgan fingerprint density at radius 2 is 1.91 bits per heavy atom. The van der Waals surface area contributed by atoms with E-state index >= 15 is 0 Å². The lowest BCUT2D eigenvalue weighted by atomic mass is 9.78. The number of alkyl halides is 2. The maximum absolute atomic E-state index is 14.5. The number of rotatable bonds is 5. The number of carbonyl (C=O) groups excluding carboxylic acids is 2. The van der Waals surface area contributed by atoms with E-state index in [0.717, 1.165) is 6.07 Å². The lowest BCUT2D eigenvalue weighted by molar-refractivity contribution is -0.218. The number of aliphatic hydroxyl groups is 1. The van der Waals surface area contributed by atoms with Crippen LogP contribution in [0.5, 0.6) is 5.75 Å². The molecule has 17 nitrogen and oxygen atoms in total. The van der Waals surface area contributed by atoms with E-state index < -0.39 is 76.3 Å². The topological polar surface area (TPSA) is 252 Å². The van der Waals surface area contributed by atoms with Gasteiger partial charge >= 0.3 is 5.69 Å². The van der Waals surface area contributed by atoms with Gasteiger partial charge in [-0.05, 0) is 19.1 Å². The van der Waals surface area contributed by atoms with Gasteiger partial charge in [-0.2, -0.15) is 5.06 Å². The second-order valence-electron chi connectivity index (χ2n) is 11.1. The van der Waals surface area contributed by atoms with Crippen molar-refractivity contribution in [2.45, 2.75) is 48.7 Å². The lowest BCUT2D eigenvalue weighted by Gasteiger charge is -2.53. The van der Waals surface area contributed by atoms with E-state index in [1.807, 2.05) is 4.98 Å². The second kappa shape index (κ2) is 9.74. The molecule has 2 amide bonds. The summed E-state index contributed by atoms with van der Waals surface area (Å²) in [5.41, 5.74) is -6.77. The molecule has 1 aromatic carbocycles. The zero-order valence-electron chi connectivity index (χ0n) is 23.0. The van der Waals surface area contributed by atoms with E-state index in [0.29, 0.717) is 5.06 Å². The molecule has 0 saturated carbocycles. The highest BCUT2D eigenvalue weighted by molar-refractivity contribution is 5.98. The molecular formula is C25H28F2N10O7. The summed E-state index contributed by atoms with van der Waals surface area (Å²) < 4.78 is 34.5. The van der Waals surface area contributed by atoms with Crippen LogP contribution in [0, 0.1) is 10.8 Å². The third-order valence-corrected chi connectivity index (χ3v) is 8.56. The molecule has 10 N–H and O–H groups in total. The highest BCUT2D eigenvalue weighted by Crippen LogP contribution is 2.48. The first kappa shape index (κ1) is 29.1. The number of carbonyl (C=O) groups is 2. The van der Waals surface area contributed by atoms with Crippen LogP contribution in [0.2, 0.25) is 0 Å². The van der Waals surface area contributed by atoms with Crippen LogP contribution in [0.25, 0.3) is 0 Å². The maximum atomic E-state index is 14.5. The predicted molar refractivity (Wildman–Crippen MR) is 145 cm³/mol. The molecule has 1 spiro atoms. The van der Waals surface area contributed by atoms with Crippen LogP contribution < -0.4 is 37.3 Å². The highest BCUT2D eigenvalue weighted by atomic mass is 19.3. The molecular weight excluding hydrogens is 590 g/mol. The summed E-state index contributed by atoms with van der Waals surface area (Å²) in [7, 11) is 0. The summed E-state index contributed by atoms with van der Waals surface area (Å²) in [5.74, 6) is -6.07. The van der Waals surface area contributed by atoms with Gasteiger partial charge in [0.1, 0.15) is 17.0 Å². The van der Waals surface area contributed by atoms with Crippen LogP contribution in [0.15, 0.2) is 33.9 Å². The summed E-state index contributed by atoms with van der Waals surface area (Å²) in [6.07, 6.45) is -0.551. The number of benzene rings is 1. The molecule has 6 rings (SSSR count). The summed E-state index contributed by atoms with van der Waals surface area (Å²) in [6, 6.07) is 1.34. The number of aromatic nitrogens is 2. The molecule has 5 atom stereocenters. The third-order valence-electron chi connectivity index (χ3n) is 8.56. The van der Waals surface area contributed by atoms with Gasteiger partial charge in [0, 0.05) is 19.2 Å². The SMILES string of the molecule is C[C@]1(O)C(NC(=O)c2cccc3c2OCCC3(F)F)CN2C(=N)NC(CNC(=O)c3cc(=O)[nH]c(=O)[nH]3)C3NC(=N)N(O)C321. The number of guanidine groups is 2. The minimum absolute atomic E-state index is 0.193. The van der Waals surface area contributed by atoms with E-state index in [1.54, 1.807) is 0 Å². The molecule has 2 aromatic rings. The van der Waals surface area contributed by atoms with Gasteiger partial charge in [0.15, 0.2) is 11.6 Å². The van der Waals surface area contributed by atoms with Crippen molar-refractivity contribution in [1.29, 1.82) is 10.8 Å². The van der Waals surface area contributed by atoms with Gasteiger partial charge in [0.25, 0.3) is 23.3 Å².